The summed E-state index contributed by atoms with van der Waals surface area (Å²) in [7, 11) is -0.846. The van der Waals surface area contributed by atoms with Crippen LogP contribution >= 0.6 is 11.1 Å². The van der Waals surface area contributed by atoms with Crippen molar-refractivity contribution in [3.63, 3.8) is 0 Å². The SMILES string of the molecule is CC(O[SiH2]Cl)C(C)(C)c1ccccc1. The fourth-order valence-corrected chi connectivity index (χ4v) is 2.58. The van der Waals surface area contributed by atoms with Crippen molar-refractivity contribution in [3.05, 3.63) is 35.9 Å². The van der Waals surface area contributed by atoms with E-state index in [1.54, 1.807) is 0 Å². The molecule has 0 aliphatic heterocycles. The van der Waals surface area contributed by atoms with Gasteiger partial charge in [-0.05, 0) is 12.5 Å². The Morgan fingerprint density at radius 3 is 2.36 bits per heavy atom. The third-order valence-electron chi connectivity index (χ3n) is 2.85. The van der Waals surface area contributed by atoms with Crippen molar-refractivity contribution in [2.75, 3.05) is 0 Å². The Morgan fingerprint density at radius 2 is 1.86 bits per heavy atom. The molecule has 0 radical (unpaired) electrons. The largest absolute Gasteiger partial charge is 0.404 e. The Morgan fingerprint density at radius 1 is 1.29 bits per heavy atom. The van der Waals surface area contributed by atoms with Crippen molar-refractivity contribution < 1.29 is 4.43 Å². The lowest BCUT2D eigenvalue weighted by Crippen LogP contribution is -2.33. The maximum Gasteiger partial charge on any atom is 0.258 e. The van der Waals surface area contributed by atoms with Crippen molar-refractivity contribution in [2.24, 2.45) is 0 Å². The van der Waals surface area contributed by atoms with Crippen LogP contribution in [-0.2, 0) is 9.84 Å². The lowest BCUT2D eigenvalue weighted by Gasteiger charge is -2.32. The highest BCUT2D eigenvalue weighted by atomic mass is 35.6. The zero-order valence-electron chi connectivity index (χ0n) is 8.96. The molecule has 0 spiro atoms. The Hall–Kier alpha value is -0.313. The van der Waals surface area contributed by atoms with Crippen molar-refractivity contribution >= 4 is 20.2 Å². The summed E-state index contributed by atoms with van der Waals surface area (Å²) in [6, 6.07) is 10.4. The highest BCUT2D eigenvalue weighted by molar-refractivity contribution is 6.90. The van der Waals surface area contributed by atoms with Gasteiger partial charge in [0.2, 0.25) is 0 Å². The Balaban J connectivity index is 2.84. The lowest BCUT2D eigenvalue weighted by molar-refractivity contribution is 0.154. The first-order chi connectivity index (χ1) is 6.59. The molecule has 0 saturated carbocycles. The summed E-state index contributed by atoms with van der Waals surface area (Å²) in [5.41, 5.74) is 1.33. The minimum absolute atomic E-state index is 0.0309. The second kappa shape index (κ2) is 4.96. The van der Waals surface area contributed by atoms with E-state index < -0.39 is 9.07 Å². The van der Waals surface area contributed by atoms with Gasteiger partial charge in [-0.3, -0.25) is 0 Å². The monoisotopic (exact) mass is 228 g/mol. The molecule has 1 atom stereocenters. The van der Waals surface area contributed by atoms with Gasteiger partial charge in [-0.1, -0.05) is 44.2 Å². The summed E-state index contributed by atoms with van der Waals surface area (Å²) in [5.74, 6) is 0. The molecule has 0 N–H and O–H groups in total. The summed E-state index contributed by atoms with van der Waals surface area (Å²) in [4.78, 5) is 0. The van der Waals surface area contributed by atoms with Crippen LogP contribution in [0, 0.1) is 0 Å². The standard InChI is InChI=1S/C11H17ClOSi/c1-9(13-14-12)11(2,3)10-7-5-4-6-8-10/h4-9H,14H2,1-3H3. The summed E-state index contributed by atoms with van der Waals surface area (Å²) in [6.07, 6.45) is 0.175. The molecule has 0 aliphatic carbocycles. The molecule has 0 aromatic heterocycles. The van der Waals surface area contributed by atoms with E-state index in [1.807, 2.05) is 6.07 Å². The van der Waals surface area contributed by atoms with Gasteiger partial charge in [0, 0.05) is 5.41 Å². The summed E-state index contributed by atoms with van der Waals surface area (Å²) in [5, 5.41) is 0. The number of halogens is 1. The molecular formula is C11H17ClOSi. The third-order valence-corrected chi connectivity index (χ3v) is 3.85. The molecule has 3 heteroatoms. The molecule has 78 valence electrons. The van der Waals surface area contributed by atoms with Crippen LogP contribution in [0.5, 0.6) is 0 Å². The average Bonchev–Trinajstić information content (AvgIpc) is 2.19. The molecule has 1 aromatic rings. The second-order valence-electron chi connectivity index (χ2n) is 4.01. The van der Waals surface area contributed by atoms with E-state index in [-0.39, 0.29) is 11.5 Å². The van der Waals surface area contributed by atoms with Crippen molar-refractivity contribution in [1.29, 1.82) is 0 Å². The number of rotatable bonds is 4. The third kappa shape index (κ3) is 2.59. The number of hydrogen-bond donors (Lipinski definition) is 0. The van der Waals surface area contributed by atoms with Gasteiger partial charge >= 0.3 is 0 Å². The average molecular weight is 229 g/mol. The van der Waals surface area contributed by atoms with E-state index in [0.29, 0.717) is 0 Å². The van der Waals surface area contributed by atoms with E-state index in [9.17, 15) is 0 Å². The maximum atomic E-state index is 5.71. The van der Waals surface area contributed by atoms with Crippen LogP contribution in [0.15, 0.2) is 30.3 Å². The van der Waals surface area contributed by atoms with Crippen molar-refractivity contribution in [2.45, 2.75) is 32.3 Å². The molecular weight excluding hydrogens is 212 g/mol. The molecule has 0 aliphatic rings. The zero-order valence-corrected chi connectivity index (χ0v) is 11.1. The minimum Gasteiger partial charge on any atom is -0.404 e. The second-order valence-corrected chi connectivity index (χ2v) is 5.21. The van der Waals surface area contributed by atoms with Crippen LogP contribution in [-0.4, -0.2) is 15.2 Å². The van der Waals surface area contributed by atoms with Gasteiger partial charge in [0.05, 0.1) is 6.10 Å². The molecule has 0 bridgehead atoms. The van der Waals surface area contributed by atoms with E-state index >= 15 is 0 Å². The van der Waals surface area contributed by atoms with Gasteiger partial charge < -0.3 is 4.43 Å². The van der Waals surface area contributed by atoms with Crippen LogP contribution < -0.4 is 0 Å². The molecule has 1 aromatic carbocycles. The van der Waals surface area contributed by atoms with Gasteiger partial charge in [0.25, 0.3) is 9.07 Å². The Labute approximate surface area is 93.1 Å². The van der Waals surface area contributed by atoms with Gasteiger partial charge in [0.1, 0.15) is 0 Å². The highest BCUT2D eigenvalue weighted by Gasteiger charge is 2.27. The molecule has 0 fully saturated rings. The van der Waals surface area contributed by atoms with Gasteiger partial charge in [-0.2, -0.15) is 0 Å². The fourth-order valence-electron chi connectivity index (χ4n) is 1.41. The first-order valence-corrected chi connectivity index (χ1v) is 7.53. The molecule has 1 rings (SSSR count). The van der Waals surface area contributed by atoms with Crippen molar-refractivity contribution in [3.8, 4) is 0 Å². The summed E-state index contributed by atoms with van der Waals surface area (Å²) < 4.78 is 5.57. The van der Waals surface area contributed by atoms with Gasteiger partial charge in [-0.25, -0.2) is 0 Å². The van der Waals surface area contributed by atoms with Gasteiger partial charge in [0.15, 0.2) is 0 Å². The normalized spacial score (nSPS) is 14.9. The van der Waals surface area contributed by atoms with E-state index in [1.165, 1.54) is 5.56 Å². The van der Waals surface area contributed by atoms with E-state index in [2.05, 4.69) is 45.0 Å². The topological polar surface area (TPSA) is 9.23 Å². The predicted octanol–water partition coefficient (Wildman–Crippen LogP) is 2.61. The highest BCUT2D eigenvalue weighted by Crippen LogP contribution is 2.28. The van der Waals surface area contributed by atoms with Gasteiger partial charge in [-0.15, -0.1) is 11.1 Å². The zero-order chi connectivity index (χ0) is 10.6. The molecule has 1 unspecified atom stereocenters. The molecule has 0 heterocycles. The van der Waals surface area contributed by atoms with Crippen LogP contribution in [0.4, 0.5) is 0 Å². The number of benzene rings is 1. The molecule has 14 heavy (non-hydrogen) atoms. The van der Waals surface area contributed by atoms with Crippen LogP contribution in [0.2, 0.25) is 0 Å². The fraction of sp³-hybridized carbons (Fsp3) is 0.455. The Kier molecular flexibility index (Phi) is 4.17. The Bertz CT molecular complexity index is 274. The predicted molar refractivity (Wildman–Crippen MR) is 64.4 cm³/mol. The minimum atomic E-state index is -0.846. The smallest absolute Gasteiger partial charge is 0.258 e. The summed E-state index contributed by atoms with van der Waals surface area (Å²) in [6.45, 7) is 6.46. The van der Waals surface area contributed by atoms with E-state index in [4.69, 9.17) is 15.5 Å². The maximum absolute atomic E-state index is 5.71. The van der Waals surface area contributed by atoms with Crippen LogP contribution in [0.1, 0.15) is 26.3 Å². The number of hydrogen-bond acceptors (Lipinski definition) is 1. The van der Waals surface area contributed by atoms with Crippen LogP contribution in [0.25, 0.3) is 0 Å². The van der Waals surface area contributed by atoms with Crippen LogP contribution in [0.3, 0.4) is 0 Å². The van der Waals surface area contributed by atoms with Crippen molar-refractivity contribution in [1.82, 2.24) is 0 Å². The van der Waals surface area contributed by atoms with E-state index in [0.717, 1.165) is 0 Å². The first kappa shape index (κ1) is 11.8. The molecule has 0 saturated heterocycles. The first-order valence-electron chi connectivity index (χ1n) is 4.82. The summed E-state index contributed by atoms with van der Waals surface area (Å²) >= 11 is 5.71. The molecule has 0 amide bonds. The molecule has 1 nitrogen and oxygen atoms in total. The lowest BCUT2D eigenvalue weighted by atomic mass is 9.80. The quantitative estimate of drug-likeness (QED) is 0.569.